The summed E-state index contributed by atoms with van der Waals surface area (Å²) < 4.78 is 7.35. The zero-order valence-electron chi connectivity index (χ0n) is 10.9. The van der Waals surface area contributed by atoms with Gasteiger partial charge in [-0.05, 0) is 31.7 Å². The normalized spacial score (nSPS) is 11.3. The van der Waals surface area contributed by atoms with Gasteiger partial charge < -0.3 is 10.5 Å². The minimum absolute atomic E-state index is 0.581. The SMILES string of the molecule is CC(C)COCCn1cc(CCCCN)nn1. The maximum atomic E-state index is 5.50. The number of unbranched alkanes of at least 4 members (excludes halogenated alkanes) is 1. The molecule has 2 N–H and O–H groups in total. The van der Waals surface area contributed by atoms with Crippen LogP contribution < -0.4 is 5.73 Å². The molecule has 1 rings (SSSR count). The molecule has 0 aliphatic heterocycles. The first-order valence-electron chi connectivity index (χ1n) is 6.39. The van der Waals surface area contributed by atoms with E-state index in [1.807, 2.05) is 10.9 Å². The van der Waals surface area contributed by atoms with E-state index < -0.39 is 0 Å². The Morgan fingerprint density at radius 2 is 2.24 bits per heavy atom. The molecule has 0 saturated carbocycles. The Balaban J connectivity index is 2.16. The summed E-state index contributed by atoms with van der Waals surface area (Å²) in [5, 5.41) is 8.19. The minimum atomic E-state index is 0.581. The molecule has 0 saturated heterocycles. The van der Waals surface area contributed by atoms with Gasteiger partial charge in [-0.2, -0.15) is 0 Å². The van der Waals surface area contributed by atoms with E-state index in [1.165, 1.54) is 0 Å². The van der Waals surface area contributed by atoms with Crippen LogP contribution in [-0.2, 0) is 17.7 Å². The van der Waals surface area contributed by atoms with Gasteiger partial charge >= 0.3 is 0 Å². The van der Waals surface area contributed by atoms with Gasteiger partial charge in [-0.1, -0.05) is 19.1 Å². The lowest BCUT2D eigenvalue weighted by Crippen LogP contribution is -2.09. The van der Waals surface area contributed by atoms with E-state index in [-0.39, 0.29) is 0 Å². The van der Waals surface area contributed by atoms with Gasteiger partial charge in [0.05, 0.1) is 18.8 Å². The predicted molar refractivity (Wildman–Crippen MR) is 67.7 cm³/mol. The number of aromatic nitrogens is 3. The Bertz CT molecular complexity index is 298. The average Bonchev–Trinajstić information content (AvgIpc) is 2.73. The number of aryl methyl sites for hydroxylation is 1. The van der Waals surface area contributed by atoms with Crippen molar-refractivity contribution in [2.45, 2.75) is 39.7 Å². The molecule has 0 amide bonds. The lowest BCUT2D eigenvalue weighted by atomic mass is 10.2. The van der Waals surface area contributed by atoms with Gasteiger partial charge in [0.1, 0.15) is 0 Å². The quantitative estimate of drug-likeness (QED) is 0.659. The van der Waals surface area contributed by atoms with Gasteiger partial charge in [0.15, 0.2) is 0 Å². The number of nitrogens with two attached hydrogens (primary N) is 1. The molecule has 1 aromatic rings. The van der Waals surface area contributed by atoms with E-state index >= 15 is 0 Å². The summed E-state index contributed by atoms with van der Waals surface area (Å²) in [6.07, 6.45) is 5.09. The van der Waals surface area contributed by atoms with Crippen LogP contribution in [0.2, 0.25) is 0 Å². The summed E-state index contributed by atoms with van der Waals surface area (Å²) in [5.41, 5.74) is 6.49. The summed E-state index contributed by atoms with van der Waals surface area (Å²) >= 11 is 0. The maximum absolute atomic E-state index is 5.50. The van der Waals surface area contributed by atoms with Gasteiger partial charge in [-0.25, -0.2) is 4.68 Å². The van der Waals surface area contributed by atoms with E-state index in [9.17, 15) is 0 Å². The lowest BCUT2D eigenvalue weighted by molar-refractivity contribution is 0.101. The first-order valence-corrected chi connectivity index (χ1v) is 6.39. The zero-order chi connectivity index (χ0) is 12.5. The van der Waals surface area contributed by atoms with Gasteiger partial charge in [0, 0.05) is 12.8 Å². The third-order valence-electron chi connectivity index (χ3n) is 2.39. The van der Waals surface area contributed by atoms with Gasteiger partial charge in [0.2, 0.25) is 0 Å². The smallest absolute Gasteiger partial charge is 0.0827 e. The van der Waals surface area contributed by atoms with Gasteiger partial charge in [0.25, 0.3) is 0 Å². The third-order valence-corrected chi connectivity index (χ3v) is 2.39. The van der Waals surface area contributed by atoms with E-state index in [4.69, 9.17) is 10.5 Å². The highest BCUT2D eigenvalue weighted by atomic mass is 16.5. The summed E-state index contributed by atoms with van der Waals surface area (Å²) in [5.74, 6) is 0.581. The molecule has 0 unspecified atom stereocenters. The van der Waals surface area contributed by atoms with E-state index in [2.05, 4.69) is 24.2 Å². The Labute approximate surface area is 103 Å². The molecule has 98 valence electrons. The molecule has 17 heavy (non-hydrogen) atoms. The van der Waals surface area contributed by atoms with Crippen molar-refractivity contribution in [3.05, 3.63) is 11.9 Å². The lowest BCUT2D eigenvalue weighted by Gasteiger charge is -2.05. The molecule has 5 nitrogen and oxygen atoms in total. The molecule has 0 atom stereocenters. The van der Waals surface area contributed by atoms with Crippen LogP contribution in [0.1, 0.15) is 32.4 Å². The van der Waals surface area contributed by atoms with Gasteiger partial charge in [-0.3, -0.25) is 0 Å². The first-order chi connectivity index (χ1) is 8.22. The Kier molecular flexibility index (Phi) is 6.81. The van der Waals surface area contributed by atoms with Crippen LogP contribution in [0.4, 0.5) is 0 Å². The third kappa shape index (κ3) is 6.38. The molecule has 0 aliphatic carbocycles. The standard InChI is InChI=1S/C12H24N4O/c1-11(2)10-17-8-7-16-9-12(14-15-16)5-3-4-6-13/h9,11H,3-8,10,13H2,1-2H3. The molecule has 0 bridgehead atoms. The number of hydrogen-bond acceptors (Lipinski definition) is 4. The summed E-state index contributed by atoms with van der Waals surface area (Å²) in [6, 6.07) is 0. The monoisotopic (exact) mass is 240 g/mol. The van der Waals surface area contributed by atoms with Crippen molar-refractivity contribution in [2.24, 2.45) is 11.7 Å². The van der Waals surface area contributed by atoms with Crippen LogP contribution in [0.25, 0.3) is 0 Å². The van der Waals surface area contributed by atoms with Crippen molar-refractivity contribution in [1.82, 2.24) is 15.0 Å². The highest BCUT2D eigenvalue weighted by molar-refractivity contribution is 4.92. The summed E-state index contributed by atoms with van der Waals surface area (Å²) in [4.78, 5) is 0. The van der Waals surface area contributed by atoms with E-state index in [0.717, 1.165) is 44.7 Å². The summed E-state index contributed by atoms with van der Waals surface area (Å²) in [7, 11) is 0. The van der Waals surface area contributed by atoms with Crippen molar-refractivity contribution in [2.75, 3.05) is 19.8 Å². The van der Waals surface area contributed by atoms with Crippen molar-refractivity contribution in [3.8, 4) is 0 Å². The van der Waals surface area contributed by atoms with Crippen LogP contribution in [0.15, 0.2) is 6.20 Å². The van der Waals surface area contributed by atoms with Crippen LogP contribution in [0.5, 0.6) is 0 Å². The van der Waals surface area contributed by atoms with E-state index in [1.54, 1.807) is 0 Å². The highest BCUT2D eigenvalue weighted by Gasteiger charge is 2.01. The maximum Gasteiger partial charge on any atom is 0.0827 e. The molecular weight excluding hydrogens is 216 g/mol. The van der Waals surface area contributed by atoms with Crippen molar-refractivity contribution in [3.63, 3.8) is 0 Å². The molecular formula is C12H24N4O. The fourth-order valence-electron chi connectivity index (χ4n) is 1.49. The second-order valence-electron chi connectivity index (χ2n) is 4.69. The molecule has 0 radical (unpaired) electrons. The molecule has 0 fully saturated rings. The van der Waals surface area contributed by atoms with Crippen molar-refractivity contribution in [1.29, 1.82) is 0 Å². The molecule has 1 aromatic heterocycles. The van der Waals surface area contributed by atoms with Crippen LogP contribution in [-0.4, -0.2) is 34.8 Å². The largest absolute Gasteiger partial charge is 0.379 e. The average molecular weight is 240 g/mol. The fourth-order valence-corrected chi connectivity index (χ4v) is 1.49. The Morgan fingerprint density at radius 1 is 1.41 bits per heavy atom. The van der Waals surface area contributed by atoms with Crippen molar-refractivity contribution >= 4 is 0 Å². The molecule has 0 aliphatic rings. The number of ether oxygens (including phenoxy) is 1. The number of nitrogens with zero attached hydrogens (tertiary/aromatic N) is 3. The van der Waals surface area contributed by atoms with E-state index in [0.29, 0.717) is 12.5 Å². The second kappa shape index (κ2) is 8.20. The predicted octanol–water partition coefficient (Wildman–Crippen LogP) is 1.23. The van der Waals surface area contributed by atoms with Crippen molar-refractivity contribution < 1.29 is 4.74 Å². The topological polar surface area (TPSA) is 66.0 Å². The summed E-state index contributed by atoms with van der Waals surface area (Å²) in [6.45, 7) is 7.31. The highest BCUT2D eigenvalue weighted by Crippen LogP contribution is 2.00. The molecule has 5 heteroatoms. The molecule has 1 heterocycles. The number of hydrogen-bond donors (Lipinski definition) is 1. The first kappa shape index (κ1) is 14.1. The van der Waals surface area contributed by atoms with Crippen LogP contribution in [0.3, 0.4) is 0 Å². The Morgan fingerprint density at radius 3 is 2.94 bits per heavy atom. The second-order valence-corrected chi connectivity index (χ2v) is 4.69. The fraction of sp³-hybridized carbons (Fsp3) is 0.833. The van der Waals surface area contributed by atoms with Crippen LogP contribution in [0, 0.1) is 5.92 Å². The van der Waals surface area contributed by atoms with Crippen LogP contribution >= 0.6 is 0 Å². The molecule has 0 spiro atoms. The minimum Gasteiger partial charge on any atom is -0.379 e. The Hall–Kier alpha value is -0.940. The number of rotatable bonds is 9. The zero-order valence-corrected chi connectivity index (χ0v) is 10.9. The molecule has 0 aromatic carbocycles. The van der Waals surface area contributed by atoms with Gasteiger partial charge in [-0.15, -0.1) is 5.10 Å².